The smallest absolute Gasteiger partial charge is 0.309 e. The Morgan fingerprint density at radius 3 is 2.50 bits per heavy atom. The van der Waals surface area contributed by atoms with Gasteiger partial charge < -0.3 is 10.5 Å². The third-order valence-corrected chi connectivity index (χ3v) is 1.04. The molecule has 4 heteroatoms. The molecule has 0 aliphatic carbocycles. The van der Waals surface area contributed by atoms with E-state index in [0.717, 1.165) is 0 Å². The first-order chi connectivity index (χ1) is 4.22. The van der Waals surface area contributed by atoms with Crippen LogP contribution in [-0.2, 0) is 9.53 Å². The maximum absolute atomic E-state index is 10.7. The second kappa shape index (κ2) is 6.83. The average Bonchev–Trinajstić information content (AvgIpc) is 1.87. The number of nitrogens with two attached hydrogens (primary N) is 1. The monoisotopic (exact) mass is 167 g/mol. The molecule has 0 spiro atoms. The number of hydrogen-bond donors (Lipinski definition) is 1. The first-order valence-electron chi connectivity index (χ1n) is 3.09. The molecule has 0 saturated heterocycles. The van der Waals surface area contributed by atoms with E-state index < -0.39 is 0 Å². The zero-order chi connectivity index (χ0) is 7.28. The molecule has 1 unspecified atom stereocenters. The predicted octanol–water partition coefficient (Wildman–Crippen LogP) is 0.566. The van der Waals surface area contributed by atoms with E-state index in [0.29, 0.717) is 13.2 Å². The van der Waals surface area contributed by atoms with Gasteiger partial charge in [-0.15, -0.1) is 12.4 Å². The highest BCUT2D eigenvalue weighted by atomic mass is 35.5. The maximum atomic E-state index is 10.7. The summed E-state index contributed by atoms with van der Waals surface area (Å²) in [5.41, 5.74) is 5.20. The minimum Gasteiger partial charge on any atom is -0.466 e. The minimum absolute atomic E-state index is 0. The summed E-state index contributed by atoms with van der Waals surface area (Å²) in [4.78, 5) is 10.7. The van der Waals surface area contributed by atoms with Crippen molar-refractivity contribution in [2.75, 3.05) is 13.2 Å². The molecule has 2 N–H and O–H groups in total. The molecule has 0 saturated carbocycles. The molecule has 0 aromatic carbocycles. The zero-order valence-corrected chi connectivity index (χ0v) is 7.11. The molecule has 62 valence electrons. The Kier molecular flexibility index (Phi) is 8.48. The lowest BCUT2D eigenvalue weighted by molar-refractivity contribution is -0.146. The van der Waals surface area contributed by atoms with Crippen LogP contribution in [0.2, 0.25) is 0 Å². The number of halogens is 1. The number of carbonyl (C=O) groups is 1. The molecule has 0 heterocycles. The van der Waals surface area contributed by atoms with Crippen LogP contribution in [0.3, 0.4) is 0 Å². The topological polar surface area (TPSA) is 52.3 Å². The first-order valence-corrected chi connectivity index (χ1v) is 3.09. The van der Waals surface area contributed by atoms with Crippen LogP contribution in [-0.4, -0.2) is 19.1 Å². The van der Waals surface area contributed by atoms with Crippen molar-refractivity contribution in [3.63, 3.8) is 0 Å². The van der Waals surface area contributed by atoms with Gasteiger partial charge >= 0.3 is 5.97 Å². The lowest BCUT2D eigenvalue weighted by atomic mass is 10.2. The lowest BCUT2D eigenvalue weighted by Gasteiger charge is -2.05. The molecule has 0 fully saturated rings. The third-order valence-electron chi connectivity index (χ3n) is 1.04. The van der Waals surface area contributed by atoms with E-state index in [2.05, 4.69) is 4.74 Å². The number of carbonyl (C=O) groups excluding carboxylic acids is 1. The normalized spacial score (nSPS) is 11.5. The highest BCUT2D eigenvalue weighted by Gasteiger charge is 2.09. The fraction of sp³-hybridized carbons (Fsp3) is 0.833. The second-order valence-electron chi connectivity index (χ2n) is 1.89. The van der Waals surface area contributed by atoms with Crippen LogP contribution < -0.4 is 5.73 Å². The maximum Gasteiger partial charge on any atom is 0.309 e. The van der Waals surface area contributed by atoms with Gasteiger partial charge in [0.25, 0.3) is 0 Å². The van der Waals surface area contributed by atoms with Crippen molar-refractivity contribution in [1.82, 2.24) is 0 Å². The van der Waals surface area contributed by atoms with E-state index in [1.54, 1.807) is 13.8 Å². The van der Waals surface area contributed by atoms with Gasteiger partial charge in [0.05, 0.1) is 12.5 Å². The summed E-state index contributed by atoms with van der Waals surface area (Å²) in [6, 6.07) is 0. The number of rotatable bonds is 3. The van der Waals surface area contributed by atoms with Gasteiger partial charge in [-0.05, 0) is 6.92 Å². The van der Waals surface area contributed by atoms with Gasteiger partial charge in [0, 0.05) is 6.54 Å². The van der Waals surface area contributed by atoms with Gasteiger partial charge in [-0.1, -0.05) is 6.92 Å². The Bertz CT molecular complexity index is 97.7. The third kappa shape index (κ3) is 4.58. The van der Waals surface area contributed by atoms with Crippen LogP contribution in [0.15, 0.2) is 0 Å². The standard InChI is InChI=1S/C6H13NO2.ClH/c1-3-9-6(8)5(2)4-7;/h5H,3-4,7H2,1-2H3;1H. The largest absolute Gasteiger partial charge is 0.466 e. The van der Waals surface area contributed by atoms with Crippen molar-refractivity contribution in [2.24, 2.45) is 11.7 Å². The summed E-state index contributed by atoms with van der Waals surface area (Å²) in [5, 5.41) is 0. The van der Waals surface area contributed by atoms with E-state index >= 15 is 0 Å². The minimum atomic E-state index is -0.208. The van der Waals surface area contributed by atoms with Crippen molar-refractivity contribution < 1.29 is 9.53 Å². The summed E-state index contributed by atoms with van der Waals surface area (Å²) in [7, 11) is 0. The van der Waals surface area contributed by atoms with Crippen molar-refractivity contribution >= 4 is 18.4 Å². The summed E-state index contributed by atoms with van der Waals surface area (Å²) < 4.78 is 4.68. The number of ether oxygens (including phenoxy) is 1. The highest BCUT2D eigenvalue weighted by Crippen LogP contribution is 1.93. The summed E-state index contributed by atoms with van der Waals surface area (Å²) >= 11 is 0. The fourth-order valence-corrected chi connectivity index (χ4v) is 0.381. The molecule has 0 bridgehead atoms. The molecule has 0 aliphatic rings. The van der Waals surface area contributed by atoms with Gasteiger partial charge in [-0.2, -0.15) is 0 Å². The SMILES string of the molecule is CCOC(=O)C(C)CN.Cl. The van der Waals surface area contributed by atoms with E-state index in [9.17, 15) is 4.79 Å². The van der Waals surface area contributed by atoms with Crippen LogP contribution in [0.4, 0.5) is 0 Å². The van der Waals surface area contributed by atoms with Gasteiger partial charge in [0.15, 0.2) is 0 Å². The van der Waals surface area contributed by atoms with Gasteiger partial charge in [0.1, 0.15) is 0 Å². The van der Waals surface area contributed by atoms with Crippen LogP contribution >= 0.6 is 12.4 Å². The van der Waals surface area contributed by atoms with Crippen molar-refractivity contribution in [2.45, 2.75) is 13.8 Å². The lowest BCUT2D eigenvalue weighted by Crippen LogP contribution is -2.22. The van der Waals surface area contributed by atoms with Crippen molar-refractivity contribution in [1.29, 1.82) is 0 Å². The van der Waals surface area contributed by atoms with Crippen LogP contribution in [0.5, 0.6) is 0 Å². The zero-order valence-electron chi connectivity index (χ0n) is 6.29. The van der Waals surface area contributed by atoms with Crippen LogP contribution in [0, 0.1) is 5.92 Å². The Morgan fingerprint density at radius 1 is 1.70 bits per heavy atom. The van der Waals surface area contributed by atoms with E-state index in [1.165, 1.54) is 0 Å². The molecular weight excluding hydrogens is 154 g/mol. The highest BCUT2D eigenvalue weighted by molar-refractivity contribution is 5.85. The Morgan fingerprint density at radius 2 is 2.20 bits per heavy atom. The van der Waals surface area contributed by atoms with Crippen LogP contribution in [0.1, 0.15) is 13.8 Å². The van der Waals surface area contributed by atoms with E-state index in [4.69, 9.17) is 5.73 Å². The van der Waals surface area contributed by atoms with E-state index in [1.807, 2.05) is 0 Å². The van der Waals surface area contributed by atoms with Crippen LogP contribution in [0.25, 0.3) is 0 Å². The Balaban J connectivity index is 0. The molecule has 0 aliphatic heterocycles. The second-order valence-corrected chi connectivity index (χ2v) is 1.89. The molecule has 10 heavy (non-hydrogen) atoms. The molecule has 0 aromatic rings. The molecular formula is C6H14ClNO2. The quantitative estimate of drug-likeness (QED) is 0.626. The molecule has 0 aromatic heterocycles. The first kappa shape index (κ1) is 12.4. The summed E-state index contributed by atoms with van der Waals surface area (Å²) in [5.74, 6) is -0.370. The molecule has 0 rings (SSSR count). The summed E-state index contributed by atoms with van der Waals surface area (Å²) in [6.45, 7) is 4.32. The Labute approximate surface area is 67.3 Å². The number of hydrogen-bond acceptors (Lipinski definition) is 3. The van der Waals surface area contributed by atoms with Gasteiger partial charge in [-0.3, -0.25) is 4.79 Å². The predicted molar refractivity (Wildman–Crippen MR) is 42.1 cm³/mol. The summed E-state index contributed by atoms with van der Waals surface area (Å²) in [6.07, 6.45) is 0. The Hall–Kier alpha value is -0.280. The molecule has 0 amide bonds. The molecule has 3 nitrogen and oxygen atoms in total. The molecule has 1 atom stereocenters. The fourth-order valence-electron chi connectivity index (χ4n) is 0.381. The van der Waals surface area contributed by atoms with Crippen molar-refractivity contribution in [3.05, 3.63) is 0 Å². The van der Waals surface area contributed by atoms with Gasteiger partial charge in [0.2, 0.25) is 0 Å². The van der Waals surface area contributed by atoms with Crippen molar-refractivity contribution in [3.8, 4) is 0 Å². The van der Waals surface area contributed by atoms with Gasteiger partial charge in [-0.25, -0.2) is 0 Å². The average molecular weight is 168 g/mol. The molecule has 0 radical (unpaired) electrons. The number of esters is 1. The van der Waals surface area contributed by atoms with E-state index in [-0.39, 0.29) is 24.3 Å².